The highest BCUT2D eigenvalue weighted by molar-refractivity contribution is 7.99. The molecule has 0 amide bonds. The lowest BCUT2D eigenvalue weighted by molar-refractivity contribution is 0.815. The van der Waals surface area contributed by atoms with E-state index in [4.69, 9.17) is 11.6 Å². The van der Waals surface area contributed by atoms with Crippen LogP contribution in [0.2, 0.25) is 0 Å². The zero-order chi connectivity index (χ0) is 11.4. The molecule has 0 unspecified atom stereocenters. The summed E-state index contributed by atoms with van der Waals surface area (Å²) in [5.41, 5.74) is 3.91. The summed E-state index contributed by atoms with van der Waals surface area (Å²) < 4.78 is 0. The van der Waals surface area contributed by atoms with E-state index in [0.717, 1.165) is 0 Å². The van der Waals surface area contributed by atoms with Crippen molar-refractivity contribution in [3.05, 3.63) is 29.3 Å². The second kappa shape index (κ2) is 5.83. The number of thioether (sulfide) groups is 1. The molecule has 0 radical (unpaired) electrons. The maximum absolute atomic E-state index is 5.88. The lowest BCUT2D eigenvalue weighted by atomic mass is 10.1. The number of rotatable bonds is 2. The summed E-state index contributed by atoms with van der Waals surface area (Å²) in [6.45, 7) is 4.50. The van der Waals surface area contributed by atoms with Gasteiger partial charge in [0.25, 0.3) is 0 Å². The molecular weight excluding hydrogens is 238 g/mol. The molecule has 0 N–H and O–H groups in total. The molecule has 1 fully saturated rings. The summed E-state index contributed by atoms with van der Waals surface area (Å²) in [7, 11) is 0. The first-order valence-corrected chi connectivity index (χ1v) is 7.48. The van der Waals surface area contributed by atoms with Gasteiger partial charge < -0.3 is 4.90 Å². The van der Waals surface area contributed by atoms with Gasteiger partial charge in [0, 0.05) is 30.4 Å². The Morgan fingerprint density at radius 3 is 2.94 bits per heavy atom. The molecule has 2 rings (SSSR count). The monoisotopic (exact) mass is 255 g/mol. The third-order valence-corrected chi connectivity index (χ3v) is 4.39. The maximum Gasteiger partial charge on any atom is 0.0476 e. The van der Waals surface area contributed by atoms with Crippen molar-refractivity contribution in [3.63, 3.8) is 0 Å². The van der Waals surface area contributed by atoms with E-state index in [-0.39, 0.29) is 0 Å². The number of hydrogen-bond donors (Lipinski definition) is 0. The van der Waals surface area contributed by atoms with E-state index < -0.39 is 0 Å². The van der Waals surface area contributed by atoms with Crippen LogP contribution in [0.5, 0.6) is 0 Å². The van der Waals surface area contributed by atoms with Crippen molar-refractivity contribution in [2.45, 2.75) is 19.2 Å². The highest BCUT2D eigenvalue weighted by atomic mass is 35.5. The van der Waals surface area contributed by atoms with Gasteiger partial charge in [-0.2, -0.15) is 11.8 Å². The molecule has 0 bridgehead atoms. The summed E-state index contributed by atoms with van der Waals surface area (Å²) >= 11 is 7.94. The molecule has 1 aliphatic heterocycles. The van der Waals surface area contributed by atoms with Gasteiger partial charge in [-0.1, -0.05) is 6.07 Å². The van der Waals surface area contributed by atoms with E-state index in [0.29, 0.717) is 5.88 Å². The van der Waals surface area contributed by atoms with Gasteiger partial charge in [-0.05, 0) is 42.4 Å². The first kappa shape index (κ1) is 12.1. The van der Waals surface area contributed by atoms with Crippen LogP contribution in [-0.4, -0.2) is 24.6 Å². The standard InChI is InChI=1S/C13H18ClNS/c1-11-9-13(4-3-12(11)10-14)15-5-2-7-16-8-6-15/h3-4,9H,2,5-8,10H2,1H3. The molecular formula is C13H18ClNS. The molecule has 88 valence electrons. The molecule has 1 heterocycles. The molecule has 1 aromatic carbocycles. The minimum absolute atomic E-state index is 0.613. The number of benzene rings is 1. The summed E-state index contributed by atoms with van der Waals surface area (Å²) in [6, 6.07) is 6.64. The number of alkyl halides is 1. The van der Waals surface area contributed by atoms with Gasteiger partial charge in [0.2, 0.25) is 0 Å². The van der Waals surface area contributed by atoms with Crippen LogP contribution in [0.4, 0.5) is 5.69 Å². The van der Waals surface area contributed by atoms with Crippen molar-refractivity contribution in [3.8, 4) is 0 Å². The number of nitrogens with zero attached hydrogens (tertiary/aromatic N) is 1. The highest BCUT2D eigenvalue weighted by Crippen LogP contribution is 2.22. The van der Waals surface area contributed by atoms with Gasteiger partial charge in [0.15, 0.2) is 0 Å². The van der Waals surface area contributed by atoms with Gasteiger partial charge in [-0.3, -0.25) is 0 Å². The Labute approximate surface area is 107 Å². The molecule has 1 aromatic rings. The normalized spacial score (nSPS) is 17.2. The predicted octanol–water partition coefficient (Wildman–Crippen LogP) is 3.68. The number of halogens is 1. The van der Waals surface area contributed by atoms with Crippen LogP contribution in [0.25, 0.3) is 0 Å². The van der Waals surface area contributed by atoms with Crippen LogP contribution in [0, 0.1) is 6.92 Å². The molecule has 3 heteroatoms. The third kappa shape index (κ3) is 2.86. The molecule has 16 heavy (non-hydrogen) atoms. The summed E-state index contributed by atoms with van der Waals surface area (Å²) in [4.78, 5) is 2.49. The topological polar surface area (TPSA) is 3.24 Å². The summed E-state index contributed by atoms with van der Waals surface area (Å²) in [5.74, 6) is 3.16. The van der Waals surface area contributed by atoms with Crippen LogP contribution in [0.3, 0.4) is 0 Å². The molecule has 0 aliphatic carbocycles. The van der Waals surface area contributed by atoms with Crippen molar-refractivity contribution >= 4 is 29.1 Å². The summed E-state index contributed by atoms with van der Waals surface area (Å²) in [5, 5.41) is 0. The van der Waals surface area contributed by atoms with Crippen molar-refractivity contribution in [1.82, 2.24) is 0 Å². The molecule has 1 nitrogen and oxygen atoms in total. The lowest BCUT2D eigenvalue weighted by Crippen LogP contribution is -2.25. The van der Waals surface area contributed by atoms with E-state index in [1.807, 2.05) is 0 Å². The Balaban J connectivity index is 2.16. The zero-order valence-corrected chi connectivity index (χ0v) is 11.3. The van der Waals surface area contributed by atoms with Gasteiger partial charge in [0.1, 0.15) is 0 Å². The molecule has 0 atom stereocenters. The second-order valence-corrected chi connectivity index (χ2v) is 5.69. The molecule has 0 saturated carbocycles. The van der Waals surface area contributed by atoms with Crippen molar-refractivity contribution < 1.29 is 0 Å². The Bertz CT molecular complexity index is 346. The fourth-order valence-corrected chi connectivity index (χ4v) is 3.22. The molecule has 1 saturated heterocycles. The SMILES string of the molecule is Cc1cc(N2CCCSCC2)ccc1CCl. The van der Waals surface area contributed by atoms with Gasteiger partial charge in [-0.15, -0.1) is 11.6 Å². The van der Waals surface area contributed by atoms with E-state index in [1.54, 1.807) is 0 Å². The van der Waals surface area contributed by atoms with E-state index in [1.165, 1.54) is 47.8 Å². The van der Waals surface area contributed by atoms with Gasteiger partial charge >= 0.3 is 0 Å². The fraction of sp³-hybridized carbons (Fsp3) is 0.538. The van der Waals surface area contributed by atoms with Gasteiger partial charge in [0.05, 0.1) is 0 Å². The summed E-state index contributed by atoms with van der Waals surface area (Å²) in [6.07, 6.45) is 1.29. The quantitative estimate of drug-likeness (QED) is 0.742. The fourth-order valence-electron chi connectivity index (χ4n) is 2.03. The maximum atomic E-state index is 5.88. The van der Waals surface area contributed by atoms with Crippen LogP contribution >= 0.6 is 23.4 Å². The third-order valence-electron chi connectivity index (χ3n) is 3.06. The lowest BCUT2D eigenvalue weighted by Gasteiger charge is -2.23. The van der Waals surface area contributed by atoms with Crippen LogP contribution in [0.1, 0.15) is 17.5 Å². The Morgan fingerprint density at radius 1 is 1.31 bits per heavy atom. The minimum Gasteiger partial charge on any atom is -0.371 e. The smallest absolute Gasteiger partial charge is 0.0476 e. The predicted molar refractivity (Wildman–Crippen MR) is 74.9 cm³/mol. The minimum atomic E-state index is 0.613. The van der Waals surface area contributed by atoms with Crippen molar-refractivity contribution in [2.75, 3.05) is 29.5 Å². The van der Waals surface area contributed by atoms with E-state index >= 15 is 0 Å². The number of hydrogen-bond acceptors (Lipinski definition) is 2. The molecule has 1 aliphatic rings. The number of aryl methyl sites for hydroxylation is 1. The van der Waals surface area contributed by atoms with Crippen molar-refractivity contribution in [1.29, 1.82) is 0 Å². The Kier molecular flexibility index (Phi) is 4.42. The van der Waals surface area contributed by atoms with Crippen LogP contribution in [0.15, 0.2) is 18.2 Å². The Hall–Kier alpha value is -0.340. The zero-order valence-electron chi connectivity index (χ0n) is 9.71. The van der Waals surface area contributed by atoms with Crippen molar-refractivity contribution in [2.24, 2.45) is 0 Å². The van der Waals surface area contributed by atoms with E-state index in [9.17, 15) is 0 Å². The largest absolute Gasteiger partial charge is 0.371 e. The molecule has 0 aromatic heterocycles. The Morgan fingerprint density at radius 2 is 2.19 bits per heavy atom. The average molecular weight is 256 g/mol. The second-order valence-electron chi connectivity index (χ2n) is 4.20. The first-order valence-electron chi connectivity index (χ1n) is 5.79. The van der Waals surface area contributed by atoms with Crippen LogP contribution < -0.4 is 4.90 Å². The highest BCUT2D eigenvalue weighted by Gasteiger charge is 2.10. The van der Waals surface area contributed by atoms with Gasteiger partial charge in [-0.25, -0.2) is 0 Å². The van der Waals surface area contributed by atoms with E-state index in [2.05, 4.69) is 41.8 Å². The average Bonchev–Trinajstić information content (AvgIpc) is 2.57. The molecule has 0 spiro atoms. The number of anilines is 1. The van der Waals surface area contributed by atoms with Crippen LogP contribution in [-0.2, 0) is 5.88 Å². The first-order chi connectivity index (χ1) is 7.81.